The quantitative estimate of drug-likeness (QED) is 0.229. The summed E-state index contributed by atoms with van der Waals surface area (Å²) in [6, 6.07) is 12.7. The Kier molecular flexibility index (Phi) is 9.32. The Morgan fingerprint density at radius 2 is 1.80 bits per heavy atom. The highest BCUT2D eigenvalue weighted by atomic mass is 19.1. The van der Waals surface area contributed by atoms with Gasteiger partial charge < -0.3 is 19.1 Å². The van der Waals surface area contributed by atoms with Crippen molar-refractivity contribution in [2.45, 2.75) is 84.3 Å². The number of aryl methyl sites for hydroxylation is 3. The van der Waals surface area contributed by atoms with E-state index in [0.717, 1.165) is 87.5 Å². The molecule has 1 aromatic heterocycles. The third-order valence-electron chi connectivity index (χ3n) is 10.8. The molecule has 3 aliphatic rings. The Balaban J connectivity index is 1.25. The number of hydrogen-bond acceptors (Lipinski definition) is 5. The zero-order valence-corrected chi connectivity index (χ0v) is 27.3. The molecule has 3 fully saturated rings. The van der Waals surface area contributed by atoms with Crippen LogP contribution in [0.2, 0.25) is 0 Å². The molecule has 1 saturated carbocycles. The number of carbonyl (C=O) groups is 1. The number of carbonyl (C=O) groups excluding carboxylic acids is 1. The van der Waals surface area contributed by atoms with Gasteiger partial charge >= 0.3 is 5.97 Å². The van der Waals surface area contributed by atoms with Gasteiger partial charge in [-0.25, -0.2) is 13.8 Å². The van der Waals surface area contributed by atoms with Gasteiger partial charge in [-0.1, -0.05) is 25.1 Å². The Morgan fingerprint density at radius 1 is 1.02 bits per heavy atom. The van der Waals surface area contributed by atoms with Crippen LogP contribution in [-0.2, 0) is 21.5 Å². The normalized spacial score (nSPS) is 22.8. The minimum atomic E-state index is -0.419. The lowest BCUT2D eigenvalue weighted by Gasteiger charge is -2.51. The number of esters is 1. The van der Waals surface area contributed by atoms with E-state index < -0.39 is 5.41 Å². The summed E-state index contributed by atoms with van der Waals surface area (Å²) in [5.74, 6) is 1.30. The van der Waals surface area contributed by atoms with Gasteiger partial charge in [0.15, 0.2) is 0 Å². The zero-order chi connectivity index (χ0) is 31.7. The number of hydrogen-bond donors (Lipinski definition) is 0. The second-order valence-electron chi connectivity index (χ2n) is 13.8. The van der Waals surface area contributed by atoms with Gasteiger partial charge in [-0.15, -0.1) is 0 Å². The fraction of sp³-hybridized carbons (Fsp3) is 0.568. The average Bonchev–Trinajstić information content (AvgIpc) is 3.59. The molecule has 0 spiro atoms. The smallest absolute Gasteiger partial charge is 0.305 e. The van der Waals surface area contributed by atoms with Crippen molar-refractivity contribution in [3.05, 3.63) is 82.9 Å². The molecule has 242 valence electrons. The van der Waals surface area contributed by atoms with Crippen molar-refractivity contribution in [1.29, 1.82) is 0 Å². The van der Waals surface area contributed by atoms with E-state index >= 15 is 4.39 Å². The van der Waals surface area contributed by atoms with Crippen LogP contribution in [0, 0.1) is 50.2 Å². The molecular weight excluding hydrogens is 570 g/mol. The highest BCUT2D eigenvalue weighted by Crippen LogP contribution is 2.52. The Hall–Kier alpha value is -3.26. The summed E-state index contributed by atoms with van der Waals surface area (Å²) in [7, 11) is 0. The number of likely N-dealkylation sites (tertiary alicyclic amines) is 1. The Labute approximate surface area is 266 Å². The lowest BCUT2D eigenvalue weighted by Crippen LogP contribution is -2.55. The number of aromatic nitrogens is 2. The fourth-order valence-corrected chi connectivity index (χ4v) is 8.63. The van der Waals surface area contributed by atoms with E-state index in [0.29, 0.717) is 24.6 Å². The SMILES string of the molecule is CCC(=O)O[C@H]1CCC[C@@H]1[C@](Cn1cc(C)nc1C)(c1cccc(F)c1)C1CCN(CC2CN(c3ccc(C)cc3F)C2)CC1. The predicted molar refractivity (Wildman–Crippen MR) is 173 cm³/mol. The molecule has 0 bridgehead atoms. The first-order valence-corrected chi connectivity index (χ1v) is 16.9. The molecule has 0 unspecified atom stereocenters. The molecule has 3 aromatic rings. The number of ether oxygens (including phenoxy) is 1. The van der Waals surface area contributed by atoms with Crippen LogP contribution in [0.1, 0.15) is 68.1 Å². The standard InChI is InChI=1S/C37H48F2N4O2/c1-5-36(44)45-35-11-7-10-32(35)37(30-8-6-9-31(38)19-30,24-43-20-26(3)40-27(43)4)29-14-16-41(17-15-29)21-28-22-42(23-28)34-13-12-25(2)18-33(34)39/h6,8-9,12-13,18-20,28-29,32,35H,5,7,10-11,14-17,21-24H2,1-4H3/t32-,35-,37-/m0/s1. The van der Waals surface area contributed by atoms with E-state index in [1.54, 1.807) is 12.1 Å². The van der Waals surface area contributed by atoms with Crippen LogP contribution in [-0.4, -0.2) is 59.2 Å². The third kappa shape index (κ3) is 6.53. The van der Waals surface area contributed by atoms with Gasteiger partial charge in [0, 0.05) is 56.0 Å². The van der Waals surface area contributed by atoms with E-state index in [4.69, 9.17) is 9.72 Å². The van der Waals surface area contributed by atoms with Crippen molar-refractivity contribution < 1.29 is 18.3 Å². The highest BCUT2D eigenvalue weighted by molar-refractivity contribution is 5.69. The number of piperidine rings is 1. The van der Waals surface area contributed by atoms with Gasteiger partial charge in [0.2, 0.25) is 0 Å². The molecule has 6 nitrogen and oxygen atoms in total. The van der Waals surface area contributed by atoms with Crippen LogP contribution in [0.15, 0.2) is 48.7 Å². The maximum absolute atomic E-state index is 15.0. The first-order chi connectivity index (χ1) is 21.7. The first-order valence-electron chi connectivity index (χ1n) is 16.9. The van der Waals surface area contributed by atoms with Crippen LogP contribution in [0.3, 0.4) is 0 Å². The molecule has 3 atom stereocenters. The van der Waals surface area contributed by atoms with Crippen molar-refractivity contribution in [3.8, 4) is 0 Å². The van der Waals surface area contributed by atoms with Gasteiger partial charge in [0.05, 0.1) is 11.4 Å². The van der Waals surface area contributed by atoms with Crippen LogP contribution in [0.25, 0.3) is 0 Å². The van der Waals surface area contributed by atoms with Gasteiger partial charge in [-0.3, -0.25) is 4.79 Å². The largest absolute Gasteiger partial charge is 0.462 e. The minimum Gasteiger partial charge on any atom is -0.462 e. The van der Waals surface area contributed by atoms with E-state index in [9.17, 15) is 9.18 Å². The minimum absolute atomic E-state index is 0.0815. The summed E-state index contributed by atoms with van der Waals surface area (Å²) in [5, 5.41) is 0. The van der Waals surface area contributed by atoms with E-state index in [-0.39, 0.29) is 35.5 Å². The van der Waals surface area contributed by atoms with Crippen molar-refractivity contribution in [1.82, 2.24) is 14.5 Å². The molecule has 0 amide bonds. The molecule has 8 heteroatoms. The molecule has 6 rings (SSSR count). The molecule has 1 aliphatic carbocycles. The van der Waals surface area contributed by atoms with Crippen LogP contribution >= 0.6 is 0 Å². The molecule has 2 aliphatic heterocycles. The van der Waals surface area contributed by atoms with Gasteiger partial charge in [-0.05, 0) is 107 Å². The van der Waals surface area contributed by atoms with E-state index in [2.05, 4.69) is 26.6 Å². The predicted octanol–water partition coefficient (Wildman–Crippen LogP) is 6.99. The molecule has 3 heterocycles. The van der Waals surface area contributed by atoms with Crippen LogP contribution in [0.5, 0.6) is 0 Å². The lowest BCUT2D eigenvalue weighted by molar-refractivity contribution is -0.152. The monoisotopic (exact) mass is 618 g/mol. The summed E-state index contributed by atoms with van der Waals surface area (Å²) in [6.45, 7) is 13.2. The number of imidazole rings is 1. The molecular formula is C37H48F2N4O2. The Bertz CT molecular complexity index is 1490. The van der Waals surface area contributed by atoms with E-state index in [1.165, 1.54) is 6.07 Å². The summed E-state index contributed by atoms with van der Waals surface area (Å²) >= 11 is 0. The number of halogens is 2. The number of rotatable bonds is 10. The van der Waals surface area contributed by atoms with Crippen LogP contribution < -0.4 is 4.90 Å². The average molecular weight is 619 g/mol. The van der Waals surface area contributed by atoms with Crippen molar-refractivity contribution in [2.75, 3.05) is 37.6 Å². The summed E-state index contributed by atoms with van der Waals surface area (Å²) in [6.07, 6.45) is 7.01. The number of nitrogens with zero attached hydrogens (tertiary/aromatic N) is 4. The topological polar surface area (TPSA) is 50.6 Å². The zero-order valence-electron chi connectivity index (χ0n) is 27.3. The Morgan fingerprint density at radius 3 is 2.47 bits per heavy atom. The maximum atomic E-state index is 15.0. The molecule has 45 heavy (non-hydrogen) atoms. The van der Waals surface area contributed by atoms with Crippen LogP contribution in [0.4, 0.5) is 14.5 Å². The summed E-state index contributed by atoms with van der Waals surface area (Å²) in [5.41, 5.74) is 3.20. The van der Waals surface area contributed by atoms with Crippen molar-refractivity contribution in [3.63, 3.8) is 0 Å². The second kappa shape index (κ2) is 13.2. The van der Waals surface area contributed by atoms with E-state index in [1.807, 2.05) is 45.9 Å². The van der Waals surface area contributed by atoms with Gasteiger partial charge in [0.1, 0.15) is 23.6 Å². The first kappa shape index (κ1) is 31.7. The molecule has 0 radical (unpaired) electrons. The summed E-state index contributed by atoms with van der Waals surface area (Å²) < 4.78 is 38.0. The summed E-state index contributed by atoms with van der Waals surface area (Å²) in [4.78, 5) is 22.1. The highest BCUT2D eigenvalue weighted by Gasteiger charge is 2.53. The third-order valence-corrected chi connectivity index (χ3v) is 10.8. The fourth-order valence-electron chi connectivity index (χ4n) is 8.63. The van der Waals surface area contributed by atoms with Crippen molar-refractivity contribution in [2.24, 2.45) is 17.8 Å². The second-order valence-corrected chi connectivity index (χ2v) is 13.8. The van der Waals surface area contributed by atoms with Gasteiger partial charge in [0.25, 0.3) is 0 Å². The van der Waals surface area contributed by atoms with Crippen molar-refractivity contribution >= 4 is 11.7 Å². The molecule has 0 N–H and O–H groups in total. The number of benzene rings is 2. The molecule has 2 aromatic carbocycles. The maximum Gasteiger partial charge on any atom is 0.305 e. The lowest BCUT2D eigenvalue weighted by atomic mass is 9.58. The number of anilines is 1. The molecule has 2 saturated heterocycles. The van der Waals surface area contributed by atoms with Gasteiger partial charge in [-0.2, -0.15) is 0 Å².